The molecule has 18 heavy (non-hydrogen) atoms. The Bertz CT molecular complexity index is 457. The maximum atomic E-state index is 11.7. The summed E-state index contributed by atoms with van der Waals surface area (Å²) in [5, 5.41) is 2.87. The summed E-state index contributed by atoms with van der Waals surface area (Å²) in [6.45, 7) is 4.03. The number of unbranched alkanes of at least 4 members (excludes halogenated alkanes) is 1. The number of benzene rings is 1. The van der Waals surface area contributed by atoms with E-state index in [9.17, 15) is 4.79 Å². The molecule has 3 N–H and O–H groups in total. The van der Waals surface area contributed by atoms with E-state index in [4.69, 9.17) is 10.5 Å². The van der Waals surface area contributed by atoms with Gasteiger partial charge in [-0.3, -0.25) is 4.79 Å². The highest BCUT2D eigenvalue weighted by Crippen LogP contribution is 2.36. The van der Waals surface area contributed by atoms with Crippen LogP contribution in [0.4, 0.5) is 11.4 Å². The summed E-state index contributed by atoms with van der Waals surface area (Å²) in [4.78, 5) is 11.7. The number of carbonyl (C=O) groups is 1. The van der Waals surface area contributed by atoms with E-state index in [0.717, 1.165) is 24.8 Å². The first-order valence-corrected chi connectivity index (χ1v) is 6.49. The first-order chi connectivity index (χ1) is 8.60. The summed E-state index contributed by atoms with van der Waals surface area (Å²) in [5.74, 6) is 0.585. The molecule has 0 spiro atoms. The minimum atomic E-state index is -0.143. The molecule has 1 unspecified atom stereocenters. The lowest BCUT2D eigenvalue weighted by atomic mass is 10.1. The van der Waals surface area contributed by atoms with Gasteiger partial charge in [-0.15, -0.1) is 0 Å². The Morgan fingerprint density at radius 2 is 2.28 bits per heavy atom. The molecular formula is C14H20N2O2. The van der Waals surface area contributed by atoms with Crippen molar-refractivity contribution >= 4 is 17.3 Å². The average Bonchev–Trinajstić information content (AvgIpc) is 2.44. The summed E-state index contributed by atoms with van der Waals surface area (Å²) < 4.78 is 5.71. The standard InChI is InChI=1S/C14H20N2O2/c1-3-4-5-10-7-11(15)14-12(8-10)16-13(17)6-9(2)18-14/h7-9H,3-6,15H2,1-2H3,(H,16,17). The van der Waals surface area contributed by atoms with Crippen LogP contribution in [0.5, 0.6) is 5.75 Å². The molecule has 0 radical (unpaired) electrons. The number of rotatable bonds is 3. The molecule has 0 aliphatic carbocycles. The molecule has 1 aromatic carbocycles. The number of nitrogens with two attached hydrogens (primary N) is 1. The monoisotopic (exact) mass is 248 g/mol. The van der Waals surface area contributed by atoms with E-state index in [2.05, 4.69) is 12.2 Å². The first kappa shape index (κ1) is 12.7. The molecule has 4 nitrogen and oxygen atoms in total. The highest BCUT2D eigenvalue weighted by molar-refractivity contribution is 5.95. The Morgan fingerprint density at radius 1 is 1.50 bits per heavy atom. The SMILES string of the molecule is CCCCc1cc(N)c2c(c1)NC(=O)CC(C)O2. The van der Waals surface area contributed by atoms with Crippen molar-refractivity contribution in [2.45, 2.75) is 45.6 Å². The number of carbonyl (C=O) groups excluding carboxylic acids is 1. The molecule has 1 amide bonds. The first-order valence-electron chi connectivity index (χ1n) is 6.49. The van der Waals surface area contributed by atoms with Crippen molar-refractivity contribution in [1.82, 2.24) is 0 Å². The van der Waals surface area contributed by atoms with Crippen molar-refractivity contribution in [3.05, 3.63) is 17.7 Å². The smallest absolute Gasteiger partial charge is 0.228 e. The summed E-state index contributed by atoms with van der Waals surface area (Å²) in [6, 6.07) is 3.91. The second kappa shape index (κ2) is 5.29. The average molecular weight is 248 g/mol. The number of amides is 1. The van der Waals surface area contributed by atoms with Gasteiger partial charge in [-0.2, -0.15) is 0 Å². The van der Waals surface area contributed by atoms with Crippen LogP contribution >= 0.6 is 0 Å². The number of fused-ring (bicyclic) bond motifs is 1. The summed E-state index contributed by atoms with van der Waals surface area (Å²) in [6.07, 6.45) is 3.44. The van der Waals surface area contributed by atoms with Gasteiger partial charge in [0.2, 0.25) is 5.91 Å². The fourth-order valence-electron chi connectivity index (χ4n) is 2.17. The van der Waals surface area contributed by atoms with Gasteiger partial charge in [-0.25, -0.2) is 0 Å². The summed E-state index contributed by atoms with van der Waals surface area (Å²) >= 11 is 0. The van der Waals surface area contributed by atoms with Gasteiger partial charge in [0.25, 0.3) is 0 Å². The maximum absolute atomic E-state index is 11.7. The van der Waals surface area contributed by atoms with Crippen LogP contribution in [-0.2, 0) is 11.2 Å². The third kappa shape index (κ3) is 2.75. The van der Waals surface area contributed by atoms with Crippen LogP contribution in [0.25, 0.3) is 0 Å². The zero-order valence-electron chi connectivity index (χ0n) is 11.0. The minimum absolute atomic E-state index is 0.0201. The summed E-state index contributed by atoms with van der Waals surface area (Å²) in [7, 11) is 0. The van der Waals surface area contributed by atoms with E-state index in [1.54, 1.807) is 0 Å². The van der Waals surface area contributed by atoms with Gasteiger partial charge in [0, 0.05) is 0 Å². The number of hydrogen-bond donors (Lipinski definition) is 2. The molecule has 98 valence electrons. The highest BCUT2D eigenvalue weighted by Gasteiger charge is 2.21. The Labute approximate surface area is 108 Å². The molecule has 1 atom stereocenters. The van der Waals surface area contributed by atoms with Crippen LogP contribution in [0.3, 0.4) is 0 Å². The zero-order valence-corrected chi connectivity index (χ0v) is 11.0. The largest absolute Gasteiger partial charge is 0.486 e. The van der Waals surface area contributed by atoms with Crippen LogP contribution in [0.15, 0.2) is 12.1 Å². The predicted molar refractivity (Wildman–Crippen MR) is 72.8 cm³/mol. The van der Waals surface area contributed by atoms with Crippen LogP contribution in [0.2, 0.25) is 0 Å². The van der Waals surface area contributed by atoms with Crippen molar-refractivity contribution in [1.29, 1.82) is 0 Å². The van der Waals surface area contributed by atoms with E-state index in [1.807, 2.05) is 19.1 Å². The maximum Gasteiger partial charge on any atom is 0.228 e. The van der Waals surface area contributed by atoms with Gasteiger partial charge in [-0.1, -0.05) is 13.3 Å². The normalized spacial score (nSPS) is 18.6. The Morgan fingerprint density at radius 3 is 3.00 bits per heavy atom. The van der Waals surface area contributed by atoms with Crippen LogP contribution in [0.1, 0.15) is 38.7 Å². The van der Waals surface area contributed by atoms with Gasteiger partial charge in [0.05, 0.1) is 17.8 Å². The predicted octanol–water partition coefficient (Wildman–Crippen LogP) is 2.72. The van der Waals surface area contributed by atoms with E-state index in [0.29, 0.717) is 23.5 Å². The Kier molecular flexibility index (Phi) is 3.75. The van der Waals surface area contributed by atoms with Crippen molar-refractivity contribution in [3.63, 3.8) is 0 Å². The molecule has 0 bridgehead atoms. The Balaban J connectivity index is 2.33. The van der Waals surface area contributed by atoms with Crippen LogP contribution in [-0.4, -0.2) is 12.0 Å². The lowest BCUT2D eigenvalue weighted by Gasteiger charge is -2.15. The lowest BCUT2D eigenvalue weighted by molar-refractivity contribution is -0.117. The molecule has 1 aliphatic heterocycles. The van der Waals surface area contributed by atoms with E-state index >= 15 is 0 Å². The van der Waals surface area contributed by atoms with E-state index < -0.39 is 0 Å². The topological polar surface area (TPSA) is 64.3 Å². The van der Waals surface area contributed by atoms with Gasteiger partial charge in [0.1, 0.15) is 6.10 Å². The number of hydrogen-bond acceptors (Lipinski definition) is 3. The number of aryl methyl sites for hydroxylation is 1. The molecular weight excluding hydrogens is 228 g/mol. The van der Waals surface area contributed by atoms with Gasteiger partial charge in [-0.05, 0) is 37.5 Å². The third-order valence-corrected chi connectivity index (χ3v) is 3.06. The number of nitrogen functional groups attached to an aromatic ring is 1. The van der Waals surface area contributed by atoms with Crippen molar-refractivity contribution in [2.75, 3.05) is 11.1 Å². The lowest BCUT2D eigenvalue weighted by Crippen LogP contribution is -2.17. The fraction of sp³-hybridized carbons (Fsp3) is 0.500. The van der Waals surface area contributed by atoms with Crippen molar-refractivity contribution in [2.24, 2.45) is 0 Å². The van der Waals surface area contributed by atoms with Crippen LogP contribution in [0, 0.1) is 0 Å². The zero-order chi connectivity index (χ0) is 13.1. The molecule has 1 aromatic rings. The summed E-state index contributed by atoms with van der Waals surface area (Å²) in [5.41, 5.74) is 8.47. The van der Waals surface area contributed by atoms with E-state index in [1.165, 1.54) is 0 Å². The second-order valence-electron chi connectivity index (χ2n) is 4.85. The quantitative estimate of drug-likeness (QED) is 0.808. The molecule has 4 heteroatoms. The number of ether oxygens (including phenoxy) is 1. The number of nitrogens with one attached hydrogen (secondary N) is 1. The molecule has 0 saturated carbocycles. The minimum Gasteiger partial charge on any atom is -0.486 e. The van der Waals surface area contributed by atoms with Crippen molar-refractivity contribution in [3.8, 4) is 5.75 Å². The van der Waals surface area contributed by atoms with Gasteiger partial charge < -0.3 is 15.8 Å². The van der Waals surface area contributed by atoms with Crippen molar-refractivity contribution < 1.29 is 9.53 Å². The second-order valence-corrected chi connectivity index (χ2v) is 4.85. The molecule has 0 fully saturated rings. The molecule has 1 heterocycles. The third-order valence-electron chi connectivity index (χ3n) is 3.06. The molecule has 1 aliphatic rings. The number of anilines is 2. The molecule has 0 saturated heterocycles. The van der Waals surface area contributed by atoms with E-state index in [-0.39, 0.29) is 12.0 Å². The Hall–Kier alpha value is -1.71. The molecule has 2 rings (SSSR count). The van der Waals surface area contributed by atoms with Gasteiger partial charge in [0.15, 0.2) is 5.75 Å². The van der Waals surface area contributed by atoms with Gasteiger partial charge >= 0.3 is 0 Å². The van der Waals surface area contributed by atoms with Crippen LogP contribution < -0.4 is 15.8 Å². The highest BCUT2D eigenvalue weighted by atomic mass is 16.5. The fourth-order valence-corrected chi connectivity index (χ4v) is 2.17. The molecule has 0 aromatic heterocycles.